The first-order chi connectivity index (χ1) is 4.70. The summed E-state index contributed by atoms with van der Waals surface area (Å²) in [5.41, 5.74) is 0. The van der Waals surface area contributed by atoms with Gasteiger partial charge in [-0.2, -0.15) is 0 Å². The smallest absolute Gasteiger partial charge is 0.411 e. The van der Waals surface area contributed by atoms with Gasteiger partial charge in [-0.15, -0.1) is 0 Å². The summed E-state index contributed by atoms with van der Waals surface area (Å²) in [6.07, 6.45) is 2.58. The van der Waals surface area contributed by atoms with Gasteiger partial charge in [-0.05, 0) is 18.8 Å². The zero-order valence-electron chi connectivity index (χ0n) is 7.17. The van der Waals surface area contributed by atoms with E-state index < -0.39 is 0 Å². The van der Waals surface area contributed by atoms with Crippen LogP contribution in [0.2, 0.25) is 0 Å². The molecule has 1 unspecified atom stereocenters. The van der Waals surface area contributed by atoms with Gasteiger partial charge in [0.15, 0.2) is 0 Å². The standard InChI is InChI=1S/C7H13NS2.K/c1-6-3-2-4-8(5-6)7(9)10;/h6H,2-5H2,1H3,(H,9,10);/q;+1/p-1. The van der Waals surface area contributed by atoms with E-state index in [0.717, 1.165) is 19.0 Å². The molecule has 1 rings (SSSR count). The van der Waals surface area contributed by atoms with Crippen LogP contribution >= 0.6 is 12.2 Å². The van der Waals surface area contributed by atoms with E-state index in [4.69, 9.17) is 24.8 Å². The fraction of sp³-hybridized carbons (Fsp3) is 0.857. The fourth-order valence-electron chi connectivity index (χ4n) is 1.36. The first kappa shape index (κ1) is 12.7. The summed E-state index contributed by atoms with van der Waals surface area (Å²) in [5.74, 6) is 0.773. The second kappa shape index (κ2) is 6.24. The number of nitrogens with zero attached hydrogens (tertiary/aromatic N) is 1. The fourth-order valence-corrected chi connectivity index (χ4v) is 1.69. The van der Waals surface area contributed by atoms with E-state index in [2.05, 4.69) is 11.8 Å². The molecule has 1 saturated heterocycles. The Morgan fingerprint density at radius 1 is 1.64 bits per heavy atom. The summed E-state index contributed by atoms with van der Waals surface area (Å²) in [7, 11) is 0. The van der Waals surface area contributed by atoms with Crippen LogP contribution in [0, 0.1) is 5.92 Å². The molecule has 0 spiro atoms. The molecule has 0 aliphatic carbocycles. The molecule has 0 aromatic heterocycles. The van der Waals surface area contributed by atoms with Crippen molar-refractivity contribution in [3.05, 3.63) is 0 Å². The SMILES string of the molecule is CC1CCCN(C(=S)[S-])C1.[K+]. The molecule has 0 bridgehead atoms. The molecule has 0 aromatic rings. The Bertz CT molecular complexity index is 140. The molecule has 1 aliphatic rings. The van der Waals surface area contributed by atoms with Gasteiger partial charge >= 0.3 is 51.4 Å². The van der Waals surface area contributed by atoms with E-state index in [1.165, 1.54) is 12.8 Å². The molecule has 0 amide bonds. The maximum Gasteiger partial charge on any atom is 1.00 e. The van der Waals surface area contributed by atoms with Gasteiger partial charge < -0.3 is 29.7 Å². The van der Waals surface area contributed by atoms with Crippen LogP contribution < -0.4 is 51.4 Å². The third kappa shape index (κ3) is 4.50. The van der Waals surface area contributed by atoms with Crippen molar-refractivity contribution in [1.82, 2.24) is 4.90 Å². The summed E-state index contributed by atoms with van der Waals surface area (Å²) in [4.78, 5) is 2.12. The summed E-state index contributed by atoms with van der Waals surface area (Å²) in [6.45, 7) is 4.40. The minimum Gasteiger partial charge on any atom is -0.411 e. The van der Waals surface area contributed by atoms with Crippen molar-refractivity contribution in [2.45, 2.75) is 19.8 Å². The van der Waals surface area contributed by atoms with Gasteiger partial charge in [0, 0.05) is 13.1 Å². The predicted octanol–water partition coefficient (Wildman–Crippen LogP) is -1.45. The number of rotatable bonds is 0. The minimum atomic E-state index is 0. The molecular weight excluding hydrogens is 201 g/mol. The van der Waals surface area contributed by atoms with E-state index in [1.807, 2.05) is 0 Å². The van der Waals surface area contributed by atoms with Crippen LogP contribution in [0.25, 0.3) is 0 Å². The predicted molar refractivity (Wildman–Crippen MR) is 49.9 cm³/mol. The summed E-state index contributed by atoms with van der Waals surface area (Å²) < 4.78 is 0.645. The second-order valence-electron chi connectivity index (χ2n) is 2.96. The quantitative estimate of drug-likeness (QED) is 0.275. The normalized spacial score (nSPS) is 24.1. The molecule has 1 aliphatic heterocycles. The largest absolute Gasteiger partial charge is 1.00 e. The van der Waals surface area contributed by atoms with Gasteiger partial charge in [0.1, 0.15) is 0 Å². The van der Waals surface area contributed by atoms with Crippen LogP contribution in [-0.4, -0.2) is 22.3 Å². The van der Waals surface area contributed by atoms with Crippen molar-refractivity contribution in [3.63, 3.8) is 0 Å². The Hall–Kier alpha value is 1.75. The Balaban J connectivity index is 0.000001000. The molecule has 11 heavy (non-hydrogen) atoms. The zero-order valence-corrected chi connectivity index (χ0v) is 11.9. The number of hydrogen-bond donors (Lipinski definition) is 0. The van der Waals surface area contributed by atoms with Crippen molar-refractivity contribution in [3.8, 4) is 0 Å². The molecular formula is C7H12KNS2. The van der Waals surface area contributed by atoms with Crippen LogP contribution in [0.3, 0.4) is 0 Å². The Morgan fingerprint density at radius 2 is 2.27 bits per heavy atom. The Kier molecular flexibility index (Phi) is 7.23. The third-order valence-corrected chi connectivity index (χ3v) is 2.43. The summed E-state index contributed by atoms with van der Waals surface area (Å²) in [5, 5.41) is 0. The number of piperidine rings is 1. The molecule has 1 heterocycles. The maximum absolute atomic E-state index is 4.91. The first-order valence-corrected chi connectivity index (χ1v) is 4.47. The van der Waals surface area contributed by atoms with Crippen molar-refractivity contribution in [2.24, 2.45) is 5.92 Å². The molecule has 4 heteroatoms. The van der Waals surface area contributed by atoms with Crippen LogP contribution in [0.1, 0.15) is 19.8 Å². The van der Waals surface area contributed by atoms with E-state index in [9.17, 15) is 0 Å². The molecule has 1 atom stereocenters. The minimum absolute atomic E-state index is 0. The molecule has 0 saturated carbocycles. The van der Waals surface area contributed by atoms with Gasteiger partial charge in [0.25, 0.3) is 0 Å². The first-order valence-electron chi connectivity index (χ1n) is 3.66. The average molecular weight is 213 g/mol. The van der Waals surface area contributed by atoms with Crippen molar-refractivity contribution < 1.29 is 51.4 Å². The molecule has 0 radical (unpaired) electrons. The number of hydrogen-bond acceptors (Lipinski definition) is 2. The summed E-state index contributed by atoms with van der Waals surface area (Å²) in [6, 6.07) is 0. The van der Waals surface area contributed by atoms with Gasteiger partial charge in [-0.1, -0.05) is 11.2 Å². The van der Waals surface area contributed by atoms with Gasteiger partial charge in [-0.25, -0.2) is 0 Å². The Labute approximate surface area is 122 Å². The monoisotopic (exact) mass is 213 g/mol. The summed E-state index contributed by atoms with van der Waals surface area (Å²) >= 11 is 9.82. The number of thiocarbonyl (C=S) groups is 1. The van der Waals surface area contributed by atoms with Gasteiger partial charge in [0.05, 0.1) is 0 Å². The average Bonchev–Trinajstić information content (AvgIpc) is 1.88. The van der Waals surface area contributed by atoms with E-state index >= 15 is 0 Å². The van der Waals surface area contributed by atoms with E-state index in [1.54, 1.807) is 0 Å². The van der Waals surface area contributed by atoms with Crippen LogP contribution in [-0.2, 0) is 12.6 Å². The third-order valence-electron chi connectivity index (χ3n) is 1.92. The molecule has 1 nitrogen and oxygen atoms in total. The second-order valence-corrected chi connectivity index (χ2v) is 3.99. The van der Waals surface area contributed by atoms with E-state index in [0.29, 0.717) is 4.32 Å². The van der Waals surface area contributed by atoms with Crippen molar-refractivity contribution in [1.29, 1.82) is 0 Å². The van der Waals surface area contributed by atoms with Crippen LogP contribution in [0.5, 0.6) is 0 Å². The van der Waals surface area contributed by atoms with Crippen LogP contribution in [0.15, 0.2) is 0 Å². The topological polar surface area (TPSA) is 3.24 Å². The molecule has 0 N–H and O–H groups in total. The van der Waals surface area contributed by atoms with Crippen LogP contribution in [0.4, 0.5) is 0 Å². The van der Waals surface area contributed by atoms with Crippen molar-refractivity contribution >= 4 is 29.2 Å². The molecule has 0 aromatic carbocycles. The Morgan fingerprint density at radius 3 is 2.64 bits per heavy atom. The number of likely N-dealkylation sites (tertiary alicyclic amines) is 1. The van der Waals surface area contributed by atoms with Crippen molar-refractivity contribution in [2.75, 3.05) is 13.1 Å². The van der Waals surface area contributed by atoms with E-state index in [-0.39, 0.29) is 51.4 Å². The van der Waals surface area contributed by atoms with Gasteiger partial charge in [-0.3, -0.25) is 0 Å². The molecule has 58 valence electrons. The maximum atomic E-state index is 4.91. The van der Waals surface area contributed by atoms with Gasteiger partial charge in [0.2, 0.25) is 0 Å². The molecule has 1 fully saturated rings. The zero-order chi connectivity index (χ0) is 7.56.